The molecule has 0 fully saturated rings. The van der Waals surface area contributed by atoms with Crippen molar-refractivity contribution in [3.05, 3.63) is 77.1 Å². The number of nitrogens with zero attached hydrogens (tertiary/aromatic N) is 1. The Morgan fingerprint density at radius 3 is 1.86 bits per heavy atom. The maximum atomic E-state index is 12.7. The van der Waals surface area contributed by atoms with E-state index in [1.165, 1.54) is 14.2 Å². The van der Waals surface area contributed by atoms with Gasteiger partial charge >= 0.3 is 0 Å². The second-order valence-corrected chi connectivity index (χ2v) is 6.46. The smallest absolute Gasteiger partial charge is 0.270 e. The number of carbonyl (C=O) groups is 2. The number of aromatic nitrogens is 1. The van der Waals surface area contributed by atoms with E-state index < -0.39 is 0 Å². The molecule has 0 atom stereocenters. The lowest BCUT2D eigenvalue weighted by molar-refractivity contribution is 0.100. The summed E-state index contributed by atoms with van der Waals surface area (Å²) in [5.74, 6) is 0.220. The van der Waals surface area contributed by atoms with Crippen LogP contribution in [-0.2, 0) is 0 Å². The van der Waals surface area contributed by atoms with Crippen molar-refractivity contribution in [1.82, 2.24) is 4.68 Å². The van der Waals surface area contributed by atoms with Crippen molar-refractivity contribution >= 4 is 17.5 Å². The van der Waals surface area contributed by atoms with Crippen LogP contribution in [0.5, 0.6) is 11.5 Å². The molecule has 1 aromatic heterocycles. The quantitative estimate of drug-likeness (QED) is 0.668. The molecule has 1 heterocycles. The fourth-order valence-electron chi connectivity index (χ4n) is 2.98. The van der Waals surface area contributed by atoms with Crippen molar-refractivity contribution in [2.24, 2.45) is 0 Å². The standard InChI is InChI=1S/C22H23N3O4/c1-14-8-9-15(2)25(14)24-21(26)16-10-12-17(13-11-16)23-22(27)20-18(28-3)6-5-7-19(20)29-4/h5-13H,1-4H3,(H,23,27)(H,24,26). The molecule has 0 saturated carbocycles. The summed E-state index contributed by atoms with van der Waals surface area (Å²) in [5, 5.41) is 2.80. The highest BCUT2D eigenvalue weighted by Gasteiger charge is 2.18. The maximum Gasteiger partial charge on any atom is 0.270 e. The van der Waals surface area contributed by atoms with Gasteiger partial charge in [0.25, 0.3) is 11.8 Å². The fourth-order valence-corrected chi connectivity index (χ4v) is 2.98. The lowest BCUT2D eigenvalue weighted by atomic mass is 10.1. The van der Waals surface area contributed by atoms with Crippen LogP contribution in [0.15, 0.2) is 54.6 Å². The van der Waals surface area contributed by atoms with Crippen LogP contribution in [0, 0.1) is 13.8 Å². The Bertz CT molecular complexity index is 997. The summed E-state index contributed by atoms with van der Waals surface area (Å²) >= 11 is 0. The molecule has 7 nitrogen and oxygen atoms in total. The molecular weight excluding hydrogens is 370 g/mol. The van der Waals surface area contributed by atoms with Gasteiger partial charge in [-0.25, -0.2) is 0 Å². The average molecular weight is 393 g/mol. The third kappa shape index (κ3) is 4.24. The molecule has 3 aromatic rings. The SMILES string of the molecule is COc1cccc(OC)c1C(=O)Nc1ccc(C(=O)Nn2c(C)ccc2C)cc1. The third-order valence-electron chi connectivity index (χ3n) is 4.54. The van der Waals surface area contributed by atoms with E-state index in [4.69, 9.17) is 9.47 Å². The lowest BCUT2D eigenvalue weighted by Crippen LogP contribution is -2.24. The Hall–Kier alpha value is -3.74. The van der Waals surface area contributed by atoms with Crippen LogP contribution in [0.4, 0.5) is 5.69 Å². The van der Waals surface area contributed by atoms with E-state index in [9.17, 15) is 9.59 Å². The number of anilines is 1. The summed E-state index contributed by atoms with van der Waals surface area (Å²) in [6.45, 7) is 3.83. The summed E-state index contributed by atoms with van der Waals surface area (Å²) in [6.07, 6.45) is 0. The molecule has 0 aliphatic rings. The van der Waals surface area contributed by atoms with E-state index in [2.05, 4.69) is 10.7 Å². The zero-order chi connectivity index (χ0) is 21.0. The first-order chi connectivity index (χ1) is 13.9. The first-order valence-corrected chi connectivity index (χ1v) is 9.03. The van der Waals surface area contributed by atoms with Gasteiger partial charge in [0, 0.05) is 22.6 Å². The predicted molar refractivity (Wildman–Crippen MR) is 112 cm³/mol. The molecule has 3 rings (SSSR count). The van der Waals surface area contributed by atoms with Crippen molar-refractivity contribution in [2.75, 3.05) is 25.0 Å². The van der Waals surface area contributed by atoms with Gasteiger partial charge in [0.05, 0.1) is 14.2 Å². The number of ether oxygens (including phenoxy) is 2. The van der Waals surface area contributed by atoms with Crippen LogP contribution in [0.25, 0.3) is 0 Å². The predicted octanol–water partition coefficient (Wildman–Crippen LogP) is 3.76. The molecular formula is C22H23N3O4. The van der Waals surface area contributed by atoms with E-state index in [1.807, 2.05) is 26.0 Å². The first-order valence-electron chi connectivity index (χ1n) is 9.03. The normalized spacial score (nSPS) is 10.3. The van der Waals surface area contributed by atoms with Crippen molar-refractivity contribution < 1.29 is 19.1 Å². The number of methoxy groups -OCH3 is 2. The van der Waals surface area contributed by atoms with Gasteiger partial charge in [-0.2, -0.15) is 0 Å². The molecule has 7 heteroatoms. The van der Waals surface area contributed by atoms with Gasteiger partial charge in [0.2, 0.25) is 0 Å². The van der Waals surface area contributed by atoms with Crippen LogP contribution in [0.1, 0.15) is 32.1 Å². The second kappa shape index (κ2) is 8.52. The Morgan fingerprint density at radius 1 is 0.793 bits per heavy atom. The minimum absolute atomic E-state index is 0.239. The third-order valence-corrected chi connectivity index (χ3v) is 4.54. The molecule has 0 spiro atoms. The van der Waals surface area contributed by atoms with E-state index in [-0.39, 0.29) is 11.8 Å². The molecule has 0 saturated heterocycles. The number of rotatable bonds is 6. The van der Waals surface area contributed by atoms with Crippen LogP contribution in [0.3, 0.4) is 0 Å². The van der Waals surface area contributed by atoms with Gasteiger partial charge in [0.15, 0.2) is 0 Å². The molecule has 29 heavy (non-hydrogen) atoms. The number of hydrogen-bond acceptors (Lipinski definition) is 4. The highest BCUT2D eigenvalue weighted by atomic mass is 16.5. The van der Waals surface area contributed by atoms with Gasteiger partial charge in [0.1, 0.15) is 17.1 Å². The van der Waals surface area contributed by atoms with E-state index >= 15 is 0 Å². The van der Waals surface area contributed by atoms with Gasteiger partial charge in [-0.1, -0.05) is 6.07 Å². The molecule has 0 aliphatic heterocycles. The molecule has 150 valence electrons. The van der Waals surface area contributed by atoms with E-state index in [0.717, 1.165) is 11.4 Å². The molecule has 2 amide bonds. The van der Waals surface area contributed by atoms with Crippen LogP contribution >= 0.6 is 0 Å². The summed E-state index contributed by atoms with van der Waals surface area (Å²) in [6, 6.07) is 15.6. The number of amides is 2. The Morgan fingerprint density at radius 2 is 1.34 bits per heavy atom. The molecule has 2 aromatic carbocycles. The minimum Gasteiger partial charge on any atom is -0.496 e. The molecule has 0 aliphatic carbocycles. The van der Waals surface area contributed by atoms with Crippen molar-refractivity contribution in [3.63, 3.8) is 0 Å². The minimum atomic E-state index is -0.366. The molecule has 0 radical (unpaired) electrons. The molecule has 0 bridgehead atoms. The van der Waals surface area contributed by atoms with Crippen LogP contribution in [0.2, 0.25) is 0 Å². The first kappa shape index (κ1) is 20.0. The average Bonchev–Trinajstić information content (AvgIpc) is 3.05. The maximum absolute atomic E-state index is 12.7. The highest BCUT2D eigenvalue weighted by molar-refractivity contribution is 6.08. The Labute approximate surface area is 169 Å². The number of hydrogen-bond donors (Lipinski definition) is 2. The van der Waals surface area contributed by atoms with Crippen LogP contribution < -0.4 is 20.2 Å². The van der Waals surface area contributed by atoms with Crippen molar-refractivity contribution in [3.8, 4) is 11.5 Å². The zero-order valence-corrected chi connectivity index (χ0v) is 16.8. The van der Waals surface area contributed by atoms with Gasteiger partial charge in [-0.05, 0) is 62.4 Å². The van der Waals surface area contributed by atoms with E-state index in [1.54, 1.807) is 47.1 Å². The van der Waals surface area contributed by atoms with Crippen molar-refractivity contribution in [1.29, 1.82) is 0 Å². The van der Waals surface area contributed by atoms with E-state index in [0.29, 0.717) is 28.3 Å². The fraction of sp³-hybridized carbons (Fsp3) is 0.182. The van der Waals surface area contributed by atoms with Crippen molar-refractivity contribution in [2.45, 2.75) is 13.8 Å². The Kier molecular flexibility index (Phi) is 5.87. The summed E-state index contributed by atoms with van der Waals surface area (Å²) in [5.41, 5.74) is 6.05. The summed E-state index contributed by atoms with van der Waals surface area (Å²) in [4.78, 5) is 25.2. The van der Waals surface area contributed by atoms with Gasteiger partial charge < -0.3 is 14.8 Å². The largest absolute Gasteiger partial charge is 0.496 e. The number of aryl methyl sites for hydroxylation is 2. The second-order valence-electron chi connectivity index (χ2n) is 6.46. The topological polar surface area (TPSA) is 81.6 Å². The molecule has 0 unspecified atom stereocenters. The van der Waals surface area contributed by atoms with Gasteiger partial charge in [-0.15, -0.1) is 0 Å². The molecule has 2 N–H and O–H groups in total. The lowest BCUT2D eigenvalue weighted by Gasteiger charge is -2.14. The number of benzene rings is 2. The monoisotopic (exact) mass is 393 g/mol. The summed E-state index contributed by atoms with van der Waals surface area (Å²) in [7, 11) is 2.99. The van der Waals surface area contributed by atoms with Crippen LogP contribution in [-0.4, -0.2) is 30.7 Å². The summed E-state index contributed by atoms with van der Waals surface area (Å²) < 4.78 is 12.3. The van der Waals surface area contributed by atoms with Gasteiger partial charge in [-0.3, -0.25) is 19.7 Å². The Balaban J connectivity index is 1.74. The number of carbonyl (C=O) groups excluding carboxylic acids is 2. The highest BCUT2D eigenvalue weighted by Crippen LogP contribution is 2.29. The number of nitrogens with one attached hydrogen (secondary N) is 2. The zero-order valence-electron chi connectivity index (χ0n) is 16.8.